The second-order valence-corrected chi connectivity index (χ2v) is 5.38. The minimum Gasteiger partial charge on any atom is -0.480 e. The van der Waals surface area contributed by atoms with Gasteiger partial charge in [-0.05, 0) is 59.5 Å². The first-order valence-corrected chi connectivity index (χ1v) is 6.45. The summed E-state index contributed by atoms with van der Waals surface area (Å²) in [6.07, 6.45) is 1.76. The van der Waals surface area contributed by atoms with Gasteiger partial charge < -0.3 is 10.4 Å². The highest BCUT2D eigenvalue weighted by molar-refractivity contribution is 14.1. The van der Waals surface area contributed by atoms with Gasteiger partial charge in [-0.1, -0.05) is 6.07 Å². The van der Waals surface area contributed by atoms with Gasteiger partial charge in [0.2, 0.25) is 0 Å². The number of carboxylic acids is 1. The molecule has 1 aromatic carbocycles. The number of aliphatic carboxylic acids is 1. The molecule has 1 unspecified atom stereocenters. The molecule has 17 heavy (non-hydrogen) atoms. The number of hydrogen-bond acceptors (Lipinski definition) is 2. The Balaban J connectivity index is 2.07. The zero-order valence-electron chi connectivity index (χ0n) is 9.02. The van der Waals surface area contributed by atoms with E-state index in [1.165, 1.54) is 0 Å². The molecule has 0 spiro atoms. The van der Waals surface area contributed by atoms with E-state index in [-0.39, 0.29) is 11.8 Å². The molecule has 90 valence electrons. The second-order valence-electron chi connectivity index (χ2n) is 4.14. The standard InChI is InChI=1S/C12H12INO3/c13-9-3-1-2-8(6-9)11(15)14-10(12(16)17)7-4-5-7/h1-3,6-7,10H,4-5H2,(H,14,15)(H,16,17). The van der Waals surface area contributed by atoms with Crippen LogP contribution in [0.5, 0.6) is 0 Å². The molecule has 2 N–H and O–H groups in total. The molecule has 0 aromatic heterocycles. The van der Waals surface area contributed by atoms with Crippen LogP contribution >= 0.6 is 22.6 Å². The second kappa shape index (κ2) is 5.03. The molecular weight excluding hydrogens is 333 g/mol. The molecule has 0 radical (unpaired) electrons. The summed E-state index contributed by atoms with van der Waals surface area (Å²) in [6, 6.07) is 6.34. The summed E-state index contributed by atoms with van der Waals surface area (Å²) in [7, 11) is 0. The lowest BCUT2D eigenvalue weighted by molar-refractivity contribution is -0.139. The molecule has 0 bridgehead atoms. The summed E-state index contributed by atoms with van der Waals surface area (Å²) in [4.78, 5) is 22.9. The van der Waals surface area contributed by atoms with E-state index in [0.29, 0.717) is 5.56 Å². The summed E-state index contributed by atoms with van der Waals surface area (Å²) in [6.45, 7) is 0. The van der Waals surface area contributed by atoms with E-state index in [2.05, 4.69) is 27.9 Å². The van der Waals surface area contributed by atoms with Gasteiger partial charge in [0.15, 0.2) is 0 Å². The Morgan fingerprint density at radius 2 is 2.12 bits per heavy atom. The van der Waals surface area contributed by atoms with Crippen molar-refractivity contribution in [3.05, 3.63) is 33.4 Å². The summed E-state index contributed by atoms with van der Waals surface area (Å²) in [5, 5.41) is 11.6. The Morgan fingerprint density at radius 3 is 2.65 bits per heavy atom. The molecule has 2 rings (SSSR count). The maximum atomic E-state index is 11.9. The van der Waals surface area contributed by atoms with Crippen molar-refractivity contribution in [1.29, 1.82) is 0 Å². The minimum atomic E-state index is -0.952. The third-order valence-corrected chi connectivity index (χ3v) is 3.40. The lowest BCUT2D eigenvalue weighted by Crippen LogP contribution is -2.42. The van der Waals surface area contributed by atoms with E-state index in [9.17, 15) is 9.59 Å². The van der Waals surface area contributed by atoms with E-state index in [4.69, 9.17) is 5.11 Å². The fourth-order valence-corrected chi connectivity index (χ4v) is 2.21. The first kappa shape index (κ1) is 12.3. The fourth-order valence-electron chi connectivity index (χ4n) is 1.67. The van der Waals surface area contributed by atoms with Gasteiger partial charge in [0, 0.05) is 9.13 Å². The third kappa shape index (κ3) is 3.18. The van der Waals surface area contributed by atoms with Crippen molar-refractivity contribution in [1.82, 2.24) is 5.32 Å². The molecule has 0 heterocycles. The average Bonchev–Trinajstić information content (AvgIpc) is 3.09. The molecule has 1 aliphatic rings. The number of nitrogens with one attached hydrogen (secondary N) is 1. The number of carbonyl (C=O) groups is 2. The normalized spacial score (nSPS) is 16.3. The van der Waals surface area contributed by atoms with E-state index in [0.717, 1.165) is 16.4 Å². The maximum absolute atomic E-state index is 11.9. The molecule has 4 nitrogen and oxygen atoms in total. The highest BCUT2D eigenvalue weighted by Crippen LogP contribution is 2.32. The van der Waals surface area contributed by atoms with Crippen LogP contribution in [0.25, 0.3) is 0 Å². The van der Waals surface area contributed by atoms with Gasteiger partial charge in [-0.3, -0.25) is 4.79 Å². The molecule has 0 aliphatic heterocycles. The van der Waals surface area contributed by atoms with Crippen LogP contribution in [0.4, 0.5) is 0 Å². The Bertz CT molecular complexity index is 457. The van der Waals surface area contributed by atoms with Crippen molar-refractivity contribution in [2.24, 2.45) is 5.92 Å². The molecule has 1 aliphatic carbocycles. The van der Waals surface area contributed by atoms with Crippen LogP contribution in [0.3, 0.4) is 0 Å². The van der Waals surface area contributed by atoms with Gasteiger partial charge in [-0.25, -0.2) is 4.79 Å². The Morgan fingerprint density at radius 1 is 1.41 bits per heavy atom. The van der Waals surface area contributed by atoms with Crippen LogP contribution < -0.4 is 5.32 Å². The first-order chi connectivity index (χ1) is 8.08. The number of amides is 1. The van der Waals surface area contributed by atoms with Crippen LogP contribution in [0, 0.1) is 9.49 Å². The summed E-state index contributed by atoms with van der Waals surface area (Å²) >= 11 is 2.12. The molecule has 1 atom stereocenters. The van der Waals surface area contributed by atoms with Gasteiger partial charge in [-0.15, -0.1) is 0 Å². The van der Waals surface area contributed by atoms with E-state index in [1.807, 2.05) is 6.07 Å². The highest BCUT2D eigenvalue weighted by Gasteiger charge is 2.37. The number of benzene rings is 1. The smallest absolute Gasteiger partial charge is 0.326 e. The van der Waals surface area contributed by atoms with Crippen LogP contribution in [-0.2, 0) is 4.79 Å². The van der Waals surface area contributed by atoms with Crippen LogP contribution in [0.15, 0.2) is 24.3 Å². The molecule has 1 saturated carbocycles. The Kier molecular flexibility index (Phi) is 3.66. The monoisotopic (exact) mass is 345 g/mol. The predicted octanol–water partition coefficient (Wildman–Crippen LogP) is 1.88. The quantitative estimate of drug-likeness (QED) is 0.819. The van der Waals surface area contributed by atoms with Crippen molar-refractivity contribution in [2.75, 3.05) is 0 Å². The molecule has 1 amide bonds. The van der Waals surface area contributed by atoms with E-state index >= 15 is 0 Å². The lowest BCUT2D eigenvalue weighted by Gasteiger charge is -2.13. The zero-order valence-corrected chi connectivity index (χ0v) is 11.2. The van der Waals surface area contributed by atoms with Crippen molar-refractivity contribution >= 4 is 34.5 Å². The minimum absolute atomic E-state index is 0.0965. The summed E-state index contributed by atoms with van der Waals surface area (Å²) < 4.78 is 0.952. The molecule has 5 heteroatoms. The Labute approximate surface area is 113 Å². The largest absolute Gasteiger partial charge is 0.480 e. The van der Waals surface area contributed by atoms with Crippen LogP contribution in [0.2, 0.25) is 0 Å². The molecule has 0 saturated heterocycles. The molecule has 1 fully saturated rings. The number of rotatable bonds is 4. The zero-order chi connectivity index (χ0) is 12.4. The van der Waals surface area contributed by atoms with E-state index < -0.39 is 12.0 Å². The van der Waals surface area contributed by atoms with Crippen LogP contribution in [-0.4, -0.2) is 23.0 Å². The topological polar surface area (TPSA) is 66.4 Å². The third-order valence-electron chi connectivity index (χ3n) is 2.73. The lowest BCUT2D eigenvalue weighted by atomic mass is 10.1. The predicted molar refractivity (Wildman–Crippen MR) is 70.8 cm³/mol. The average molecular weight is 345 g/mol. The van der Waals surface area contributed by atoms with Crippen LogP contribution in [0.1, 0.15) is 23.2 Å². The van der Waals surface area contributed by atoms with Gasteiger partial charge >= 0.3 is 5.97 Å². The van der Waals surface area contributed by atoms with Gasteiger partial charge in [0.05, 0.1) is 0 Å². The van der Waals surface area contributed by atoms with Crippen molar-refractivity contribution < 1.29 is 14.7 Å². The summed E-state index contributed by atoms with van der Waals surface area (Å²) in [5.74, 6) is -1.17. The van der Waals surface area contributed by atoms with Crippen molar-refractivity contribution in [2.45, 2.75) is 18.9 Å². The van der Waals surface area contributed by atoms with Gasteiger partial charge in [0.1, 0.15) is 6.04 Å². The number of carbonyl (C=O) groups excluding carboxylic acids is 1. The van der Waals surface area contributed by atoms with Crippen molar-refractivity contribution in [3.63, 3.8) is 0 Å². The summed E-state index contributed by atoms with van der Waals surface area (Å²) in [5.41, 5.74) is 0.504. The fraction of sp³-hybridized carbons (Fsp3) is 0.333. The number of hydrogen-bond donors (Lipinski definition) is 2. The maximum Gasteiger partial charge on any atom is 0.326 e. The SMILES string of the molecule is O=C(NC(C(=O)O)C1CC1)c1cccc(I)c1. The van der Waals surface area contributed by atoms with Gasteiger partial charge in [-0.2, -0.15) is 0 Å². The molecular formula is C12H12INO3. The molecule has 1 aromatic rings. The van der Waals surface area contributed by atoms with Gasteiger partial charge in [0.25, 0.3) is 5.91 Å². The van der Waals surface area contributed by atoms with Crippen molar-refractivity contribution in [3.8, 4) is 0 Å². The Hall–Kier alpha value is -1.11. The number of carboxylic acid groups (broad SMARTS) is 1. The first-order valence-electron chi connectivity index (χ1n) is 5.37. The number of halogens is 1. The van der Waals surface area contributed by atoms with E-state index in [1.54, 1.807) is 18.2 Å². The highest BCUT2D eigenvalue weighted by atomic mass is 127.